The van der Waals surface area contributed by atoms with E-state index in [0.717, 1.165) is 41.2 Å². The molecule has 12 heteroatoms. The minimum atomic E-state index is 0.251. The van der Waals surface area contributed by atoms with Crippen LogP contribution in [0.5, 0.6) is 11.5 Å². The van der Waals surface area contributed by atoms with E-state index in [1.807, 2.05) is 72.8 Å². The van der Waals surface area contributed by atoms with Crippen molar-refractivity contribution < 1.29 is 13.9 Å². The first-order valence-electron chi connectivity index (χ1n) is 12.4. The molecule has 41 heavy (non-hydrogen) atoms. The number of aromatic nitrogens is 3. The molecule has 0 bridgehead atoms. The van der Waals surface area contributed by atoms with Gasteiger partial charge in [-0.05, 0) is 99.3 Å². The highest BCUT2D eigenvalue weighted by molar-refractivity contribution is 14.1. The highest BCUT2D eigenvalue weighted by Gasteiger charge is 2.11. The summed E-state index contributed by atoms with van der Waals surface area (Å²) in [7, 11) is 1.62. The lowest BCUT2D eigenvalue weighted by molar-refractivity contribution is 0.303. The molecule has 0 atom stereocenters. The summed E-state index contributed by atoms with van der Waals surface area (Å²) in [5.41, 5.74) is 5.63. The molecule has 2 heterocycles. The number of methoxy groups -OCH3 is 1. The average Bonchev–Trinajstić information content (AvgIpc) is 3.50. The molecule has 208 valence electrons. The Morgan fingerprint density at radius 2 is 1.68 bits per heavy atom. The number of ether oxygens (including phenoxy) is 2. The minimum absolute atomic E-state index is 0.251. The maximum absolute atomic E-state index is 6.19. The van der Waals surface area contributed by atoms with E-state index in [4.69, 9.17) is 13.9 Å². The maximum Gasteiger partial charge on any atom is 0.250 e. The Morgan fingerprint density at radius 3 is 2.44 bits per heavy atom. The first-order chi connectivity index (χ1) is 20.1. The van der Waals surface area contributed by atoms with Crippen LogP contribution in [0.25, 0.3) is 0 Å². The number of hydrogen-bond acceptors (Lipinski definition) is 10. The van der Waals surface area contributed by atoms with Crippen LogP contribution in [0.15, 0.2) is 94.6 Å². The van der Waals surface area contributed by atoms with Gasteiger partial charge in [0.25, 0.3) is 0 Å². The van der Waals surface area contributed by atoms with Gasteiger partial charge in [-0.25, -0.2) is 5.43 Å². The minimum Gasteiger partial charge on any atom is -0.497 e. The fourth-order valence-electron chi connectivity index (χ4n) is 3.66. The standard InChI is InChI=1S/C29H25I2N7O3/c1-39-23-11-9-22(10-12-23)34-28-35-27(32-17-24-8-5-13-40-24)36-29(37-28)38-33-16-20-14-21(30)15-25(31)26(20)41-18-19-6-3-2-4-7-19/h2-16H,17-18H2,1H3,(H3,32,34,35,36,37,38)/b33-16-. The second kappa shape index (κ2) is 14.1. The third-order valence-electron chi connectivity index (χ3n) is 5.61. The lowest BCUT2D eigenvalue weighted by atomic mass is 10.2. The quantitative estimate of drug-likeness (QED) is 0.0696. The first-order valence-corrected chi connectivity index (χ1v) is 14.6. The fraction of sp³-hybridized carbons (Fsp3) is 0.103. The number of halogens is 2. The van der Waals surface area contributed by atoms with Crippen LogP contribution in [0.3, 0.4) is 0 Å². The summed E-state index contributed by atoms with van der Waals surface area (Å²) >= 11 is 4.56. The lowest BCUT2D eigenvalue weighted by Gasteiger charge is -2.12. The molecule has 5 aromatic rings. The summed E-state index contributed by atoms with van der Waals surface area (Å²) in [6.07, 6.45) is 3.31. The molecular formula is C29H25I2N7O3. The summed E-state index contributed by atoms with van der Waals surface area (Å²) in [6, 6.07) is 25.3. The molecule has 0 aliphatic heterocycles. The zero-order valence-corrected chi connectivity index (χ0v) is 26.2. The zero-order chi connectivity index (χ0) is 28.4. The monoisotopic (exact) mass is 773 g/mol. The van der Waals surface area contributed by atoms with Crippen molar-refractivity contribution in [3.05, 3.63) is 109 Å². The van der Waals surface area contributed by atoms with Crippen molar-refractivity contribution in [2.45, 2.75) is 13.2 Å². The predicted molar refractivity (Wildman–Crippen MR) is 176 cm³/mol. The van der Waals surface area contributed by atoms with Gasteiger partial charge in [0, 0.05) is 14.8 Å². The van der Waals surface area contributed by atoms with E-state index in [-0.39, 0.29) is 5.95 Å². The van der Waals surface area contributed by atoms with Crippen LogP contribution in [-0.4, -0.2) is 28.3 Å². The third kappa shape index (κ3) is 8.29. The van der Waals surface area contributed by atoms with E-state index in [1.165, 1.54) is 0 Å². The molecule has 0 aliphatic rings. The van der Waals surface area contributed by atoms with Gasteiger partial charge in [-0.15, -0.1) is 0 Å². The molecule has 0 spiro atoms. The number of furan rings is 1. The fourth-order valence-corrected chi connectivity index (χ4v) is 5.71. The van der Waals surface area contributed by atoms with Crippen molar-refractivity contribution >= 4 is 74.9 Å². The van der Waals surface area contributed by atoms with Crippen molar-refractivity contribution in [3.8, 4) is 11.5 Å². The van der Waals surface area contributed by atoms with E-state index in [2.05, 4.69) is 87.4 Å². The summed E-state index contributed by atoms with van der Waals surface area (Å²) in [4.78, 5) is 13.5. The summed E-state index contributed by atoms with van der Waals surface area (Å²) in [5, 5.41) is 10.8. The summed E-state index contributed by atoms with van der Waals surface area (Å²) in [6.45, 7) is 0.856. The van der Waals surface area contributed by atoms with Crippen LogP contribution in [0.2, 0.25) is 0 Å². The number of nitrogens with zero attached hydrogens (tertiary/aromatic N) is 4. The Morgan fingerprint density at radius 1 is 0.902 bits per heavy atom. The largest absolute Gasteiger partial charge is 0.497 e. The second-order valence-corrected chi connectivity index (χ2v) is 11.0. The molecule has 3 N–H and O–H groups in total. The van der Waals surface area contributed by atoms with Crippen LogP contribution in [0.4, 0.5) is 23.5 Å². The molecule has 2 aromatic heterocycles. The Hall–Kier alpha value is -3.92. The van der Waals surface area contributed by atoms with Gasteiger partial charge in [-0.1, -0.05) is 30.3 Å². The van der Waals surface area contributed by atoms with E-state index >= 15 is 0 Å². The van der Waals surface area contributed by atoms with Gasteiger partial charge in [0.1, 0.15) is 23.9 Å². The number of nitrogens with one attached hydrogen (secondary N) is 3. The van der Waals surface area contributed by atoms with Gasteiger partial charge in [-0.2, -0.15) is 20.1 Å². The van der Waals surface area contributed by atoms with Gasteiger partial charge < -0.3 is 24.5 Å². The number of anilines is 4. The number of benzene rings is 3. The normalized spacial score (nSPS) is 10.9. The molecule has 5 rings (SSSR count). The molecule has 10 nitrogen and oxygen atoms in total. The van der Waals surface area contributed by atoms with Crippen LogP contribution in [0.1, 0.15) is 16.9 Å². The molecule has 0 radical (unpaired) electrons. The average molecular weight is 773 g/mol. The smallest absolute Gasteiger partial charge is 0.250 e. The molecule has 0 fully saturated rings. The van der Waals surface area contributed by atoms with E-state index in [1.54, 1.807) is 19.6 Å². The molecule has 3 aromatic carbocycles. The molecule has 0 saturated carbocycles. The topological polar surface area (TPSA) is 119 Å². The Labute approximate surface area is 264 Å². The Bertz CT molecular complexity index is 1600. The zero-order valence-electron chi connectivity index (χ0n) is 21.8. The summed E-state index contributed by atoms with van der Waals surface area (Å²) in [5.74, 6) is 3.18. The van der Waals surface area contributed by atoms with Crippen molar-refractivity contribution in [1.29, 1.82) is 0 Å². The molecular weight excluding hydrogens is 748 g/mol. The molecule has 0 saturated heterocycles. The number of hydrazone groups is 1. The molecule has 0 amide bonds. The molecule has 0 aliphatic carbocycles. The number of rotatable bonds is 12. The van der Waals surface area contributed by atoms with Gasteiger partial charge in [0.15, 0.2) is 0 Å². The number of hydrogen-bond donors (Lipinski definition) is 3. The van der Waals surface area contributed by atoms with Crippen LogP contribution >= 0.6 is 45.2 Å². The first kappa shape index (κ1) is 28.6. The van der Waals surface area contributed by atoms with Crippen molar-refractivity contribution in [3.63, 3.8) is 0 Å². The Kier molecular flexibility index (Phi) is 9.85. The second-order valence-electron chi connectivity index (χ2n) is 8.54. The van der Waals surface area contributed by atoms with Gasteiger partial charge in [0.2, 0.25) is 17.8 Å². The van der Waals surface area contributed by atoms with Crippen LogP contribution < -0.4 is 25.5 Å². The van der Waals surface area contributed by atoms with Crippen molar-refractivity contribution in [2.75, 3.05) is 23.2 Å². The van der Waals surface area contributed by atoms with Gasteiger partial charge in [0.05, 0.1) is 29.7 Å². The Balaban J connectivity index is 1.35. The maximum atomic E-state index is 6.19. The predicted octanol–water partition coefficient (Wildman–Crippen LogP) is 7.06. The SMILES string of the molecule is COc1ccc(Nc2nc(NCc3ccco3)nc(N/N=C\c3cc(I)cc(I)c3OCc3ccccc3)n2)cc1. The van der Waals surface area contributed by atoms with E-state index in [0.29, 0.717) is 25.0 Å². The highest BCUT2D eigenvalue weighted by atomic mass is 127. The van der Waals surface area contributed by atoms with Crippen LogP contribution in [-0.2, 0) is 13.2 Å². The van der Waals surface area contributed by atoms with E-state index < -0.39 is 0 Å². The van der Waals surface area contributed by atoms with Crippen molar-refractivity contribution in [1.82, 2.24) is 15.0 Å². The van der Waals surface area contributed by atoms with Crippen LogP contribution in [0, 0.1) is 7.14 Å². The highest BCUT2D eigenvalue weighted by Crippen LogP contribution is 2.28. The summed E-state index contributed by atoms with van der Waals surface area (Å²) < 4.78 is 18.9. The molecule has 0 unspecified atom stereocenters. The third-order valence-corrected chi connectivity index (χ3v) is 7.04. The van der Waals surface area contributed by atoms with Gasteiger partial charge in [-0.3, -0.25) is 0 Å². The van der Waals surface area contributed by atoms with Crippen molar-refractivity contribution in [2.24, 2.45) is 5.10 Å². The van der Waals surface area contributed by atoms with E-state index in [9.17, 15) is 0 Å². The van der Waals surface area contributed by atoms with Gasteiger partial charge >= 0.3 is 0 Å². The lowest BCUT2D eigenvalue weighted by Crippen LogP contribution is -2.09.